The molecule has 2 aromatic carbocycles. The predicted molar refractivity (Wildman–Crippen MR) is 80.0 cm³/mol. The summed E-state index contributed by atoms with van der Waals surface area (Å²) in [5.41, 5.74) is 1.80. The maximum Gasteiger partial charge on any atom is 0.291 e. The van der Waals surface area contributed by atoms with Gasteiger partial charge in [0.25, 0.3) is 5.91 Å². The summed E-state index contributed by atoms with van der Waals surface area (Å²) in [5.74, 6) is -1.22. The van der Waals surface area contributed by atoms with Crippen molar-refractivity contribution in [1.82, 2.24) is 0 Å². The van der Waals surface area contributed by atoms with Crippen LogP contribution in [0.25, 0.3) is 11.0 Å². The van der Waals surface area contributed by atoms with Gasteiger partial charge < -0.3 is 9.73 Å². The molecule has 0 saturated carbocycles. The van der Waals surface area contributed by atoms with E-state index < -0.39 is 17.5 Å². The van der Waals surface area contributed by atoms with E-state index in [-0.39, 0.29) is 5.76 Å². The van der Waals surface area contributed by atoms with Gasteiger partial charge in [-0.3, -0.25) is 4.79 Å². The second-order valence-corrected chi connectivity index (χ2v) is 5.11. The van der Waals surface area contributed by atoms with Gasteiger partial charge in [0, 0.05) is 16.6 Å². The lowest BCUT2D eigenvalue weighted by Gasteiger charge is -2.05. The summed E-state index contributed by atoms with van der Waals surface area (Å²) in [4.78, 5) is 12.3. The van der Waals surface area contributed by atoms with Gasteiger partial charge in [0.05, 0.1) is 0 Å². The van der Waals surface area contributed by atoms with E-state index in [1.807, 2.05) is 0 Å². The van der Waals surface area contributed by atoms with Crippen LogP contribution in [0.3, 0.4) is 0 Å². The average molecular weight is 301 g/mol. The van der Waals surface area contributed by atoms with Crippen molar-refractivity contribution in [1.29, 1.82) is 0 Å². The van der Waals surface area contributed by atoms with Crippen molar-refractivity contribution in [2.75, 3.05) is 5.32 Å². The zero-order valence-electron chi connectivity index (χ0n) is 12.0. The predicted octanol–water partition coefficient (Wildman–Crippen LogP) is 4.58. The smallest absolute Gasteiger partial charge is 0.291 e. The molecular weight excluding hydrogens is 288 g/mol. The minimum atomic E-state index is -0.502. The highest BCUT2D eigenvalue weighted by Crippen LogP contribution is 2.26. The molecule has 3 nitrogen and oxygen atoms in total. The molecule has 0 aliphatic heterocycles. The largest absolute Gasteiger partial charge is 0.451 e. The summed E-state index contributed by atoms with van der Waals surface area (Å²) < 4.78 is 32.2. The molecule has 0 radical (unpaired) electrons. The molecule has 0 unspecified atom stereocenters. The topological polar surface area (TPSA) is 42.2 Å². The number of carbonyl (C=O) groups excluding carboxylic acids is 1. The Morgan fingerprint density at radius 3 is 2.59 bits per heavy atom. The number of hydrogen-bond donors (Lipinski definition) is 1. The highest BCUT2D eigenvalue weighted by Gasteiger charge is 2.18. The molecule has 112 valence electrons. The Morgan fingerprint density at radius 1 is 1.09 bits per heavy atom. The normalized spacial score (nSPS) is 10.9. The van der Waals surface area contributed by atoms with E-state index in [0.717, 1.165) is 0 Å². The Hall–Kier alpha value is -2.69. The van der Waals surface area contributed by atoms with Crippen molar-refractivity contribution in [3.63, 3.8) is 0 Å². The second-order valence-electron chi connectivity index (χ2n) is 5.11. The van der Waals surface area contributed by atoms with Crippen LogP contribution in [0.2, 0.25) is 0 Å². The first-order valence-electron chi connectivity index (χ1n) is 6.72. The molecule has 1 heterocycles. The average Bonchev–Trinajstić information content (AvgIpc) is 2.80. The number of nitrogens with one attached hydrogen (secondary N) is 1. The Labute approximate surface area is 125 Å². The van der Waals surface area contributed by atoms with E-state index in [1.54, 1.807) is 26.0 Å². The van der Waals surface area contributed by atoms with Crippen LogP contribution in [-0.2, 0) is 0 Å². The Bertz CT molecular complexity index is 884. The molecule has 1 amide bonds. The maximum absolute atomic E-state index is 13.5. The van der Waals surface area contributed by atoms with Crippen LogP contribution >= 0.6 is 0 Å². The molecule has 0 bridgehead atoms. The molecule has 22 heavy (non-hydrogen) atoms. The lowest BCUT2D eigenvalue weighted by atomic mass is 10.1. The summed E-state index contributed by atoms with van der Waals surface area (Å²) >= 11 is 0. The van der Waals surface area contributed by atoms with E-state index in [9.17, 15) is 13.6 Å². The molecule has 1 N–H and O–H groups in total. The van der Waals surface area contributed by atoms with Crippen LogP contribution in [0, 0.1) is 25.5 Å². The third-order valence-corrected chi connectivity index (χ3v) is 3.53. The number of fused-ring (bicyclic) bond motifs is 1. The summed E-state index contributed by atoms with van der Waals surface area (Å²) in [6.07, 6.45) is 0. The van der Waals surface area contributed by atoms with Crippen LogP contribution in [0.5, 0.6) is 0 Å². The van der Waals surface area contributed by atoms with Gasteiger partial charge in [-0.2, -0.15) is 0 Å². The molecule has 0 aliphatic rings. The second kappa shape index (κ2) is 5.26. The van der Waals surface area contributed by atoms with Gasteiger partial charge >= 0.3 is 0 Å². The molecule has 0 saturated heterocycles. The minimum Gasteiger partial charge on any atom is -0.451 e. The highest BCUT2D eigenvalue weighted by atomic mass is 19.1. The first-order chi connectivity index (χ1) is 10.5. The number of rotatable bonds is 2. The zero-order valence-corrected chi connectivity index (χ0v) is 12.0. The van der Waals surface area contributed by atoms with Crippen molar-refractivity contribution in [3.8, 4) is 0 Å². The molecule has 3 rings (SSSR count). The molecule has 0 spiro atoms. The zero-order chi connectivity index (χ0) is 15.9. The number of benzene rings is 2. The fourth-order valence-corrected chi connectivity index (χ4v) is 2.27. The van der Waals surface area contributed by atoms with Crippen LogP contribution in [0.15, 0.2) is 40.8 Å². The summed E-state index contributed by atoms with van der Waals surface area (Å²) in [7, 11) is 0. The monoisotopic (exact) mass is 301 g/mol. The van der Waals surface area contributed by atoms with E-state index in [0.29, 0.717) is 27.8 Å². The van der Waals surface area contributed by atoms with E-state index in [2.05, 4.69) is 5.32 Å². The fraction of sp³-hybridized carbons (Fsp3) is 0.118. The fourth-order valence-electron chi connectivity index (χ4n) is 2.27. The van der Waals surface area contributed by atoms with Crippen molar-refractivity contribution < 1.29 is 18.0 Å². The Kier molecular flexibility index (Phi) is 3.41. The van der Waals surface area contributed by atoms with Crippen molar-refractivity contribution >= 4 is 22.6 Å². The van der Waals surface area contributed by atoms with Crippen molar-refractivity contribution in [2.24, 2.45) is 0 Å². The van der Waals surface area contributed by atoms with Gasteiger partial charge in [0.1, 0.15) is 17.2 Å². The van der Waals surface area contributed by atoms with Gasteiger partial charge in [-0.1, -0.05) is 6.07 Å². The van der Waals surface area contributed by atoms with Gasteiger partial charge in [0.15, 0.2) is 5.76 Å². The number of halogens is 2. The summed E-state index contributed by atoms with van der Waals surface area (Å²) in [6.45, 7) is 3.31. The number of furan rings is 1. The van der Waals surface area contributed by atoms with Gasteiger partial charge in [0.2, 0.25) is 0 Å². The Morgan fingerprint density at radius 2 is 1.86 bits per heavy atom. The lowest BCUT2D eigenvalue weighted by molar-refractivity contribution is 0.0998. The first kappa shape index (κ1) is 14.3. The minimum absolute atomic E-state index is 0.0848. The molecule has 1 aromatic heterocycles. The molecule has 0 atom stereocenters. The number of aryl methyl sites for hydroxylation is 2. The van der Waals surface area contributed by atoms with Crippen LogP contribution in [0.4, 0.5) is 14.5 Å². The molecule has 0 fully saturated rings. The van der Waals surface area contributed by atoms with Crippen LogP contribution in [0.1, 0.15) is 21.7 Å². The quantitative estimate of drug-likeness (QED) is 0.752. The van der Waals surface area contributed by atoms with Crippen LogP contribution < -0.4 is 5.32 Å². The van der Waals surface area contributed by atoms with Crippen molar-refractivity contribution in [2.45, 2.75) is 13.8 Å². The van der Waals surface area contributed by atoms with Gasteiger partial charge in [-0.05, 0) is 49.7 Å². The maximum atomic E-state index is 13.5. The van der Waals surface area contributed by atoms with E-state index >= 15 is 0 Å². The van der Waals surface area contributed by atoms with Crippen molar-refractivity contribution in [3.05, 3.63) is 64.9 Å². The number of amides is 1. The van der Waals surface area contributed by atoms with Gasteiger partial charge in [-0.25, -0.2) is 8.78 Å². The molecule has 5 heteroatoms. The molecule has 3 aromatic rings. The number of hydrogen-bond acceptors (Lipinski definition) is 2. The SMILES string of the molecule is Cc1ccc(NC(=O)c2oc3ccc(F)cc3c2C)cc1F. The first-order valence-corrected chi connectivity index (χ1v) is 6.72. The lowest BCUT2D eigenvalue weighted by Crippen LogP contribution is -2.12. The number of anilines is 1. The highest BCUT2D eigenvalue weighted by molar-refractivity contribution is 6.06. The standard InChI is InChI=1S/C17H13F2NO2/c1-9-3-5-12(8-14(9)19)20-17(21)16-10(2)13-7-11(18)4-6-15(13)22-16/h3-8H,1-2H3,(H,20,21). The van der Waals surface area contributed by atoms with Gasteiger partial charge in [-0.15, -0.1) is 0 Å². The van der Waals surface area contributed by atoms with E-state index in [4.69, 9.17) is 4.42 Å². The Balaban J connectivity index is 1.95. The number of carbonyl (C=O) groups is 1. The molecular formula is C17H13F2NO2. The third-order valence-electron chi connectivity index (χ3n) is 3.53. The third kappa shape index (κ3) is 2.45. The molecule has 0 aliphatic carbocycles. The van der Waals surface area contributed by atoms with Crippen LogP contribution in [-0.4, -0.2) is 5.91 Å². The summed E-state index contributed by atoms with van der Waals surface area (Å²) in [6, 6.07) is 8.48. The van der Waals surface area contributed by atoms with E-state index in [1.165, 1.54) is 24.3 Å². The summed E-state index contributed by atoms with van der Waals surface area (Å²) in [5, 5.41) is 3.12.